The molecular formula is C10H19N5. The van der Waals surface area contributed by atoms with Gasteiger partial charge in [-0.2, -0.15) is 4.80 Å². The molecule has 0 bridgehead atoms. The molecule has 1 heterocycles. The molecule has 1 fully saturated rings. The molecule has 2 rings (SSSR count). The van der Waals surface area contributed by atoms with Gasteiger partial charge in [-0.1, -0.05) is 13.3 Å². The molecular weight excluding hydrogens is 190 g/mol. The van der Waals surface area contributed by atoms with Gasteiger partial charge in [-0.3, -0.25) is 0 Å². The second-order valence-electron chi connectivity index (χ2n) is 4.61. The van der Waals surface area contributed by atoms with E-state index >= 15 is 0 Å². The number of aryl methyl sites for hydroxylation is 1. The van der Waals surface area contributed by atoms with Gasteiger partial charge in [0.15, 0.2) is 5.82 Å². The smallest absolute Gasteiger partial charge is 0.188 e. The summed E-state index contributed by atoms with van der Waals surface area (Å²) in [5.41, 5.74) is 0. The molecule has 1 aromatic rings. The van der Waals surface area contributed by atoms with Crippen LogP contribution in [0.5, 0.6) is 0 Å². The highest BCUT2D eigenvalue weighted by Crippen LogP contribution is 2.29. The lowest BCUT2D eigenvalue weighted by Gasteiger charge is -2.09. The summed E-state index contributed by atoms with van der Waals surface area (Å²) in [5, 5.41) is 15.2. The minimum Gasteiger partial charge on any atom is -0.309 e. The van der Waals surface area contributed by atoms with Gasteiger partial charge in [-0.25, -0.2) is 0 Å². The molecule has 0 radical (unpaired) electrons. The minimum atomic E-state index is 0.735. The third kappa shape index (κ3) is 2.99. The maximum Gasteiger partial charge on any atom is 0.188 e. The average Bonchev–Trinajstić information content (AvgIpc) is 2.76. The zero-order chi connectivity index (χ0) is 10.7. The Morgan fingerprint density at radius 3 is 2.93 bits per heavy atom. The zero-order valence-electron chi connectivity index (χ0n) is 9.48. The van der Waals surface area contributed by atoms with E-state index in [9.17, 15) is 0 Å². The molecule has 0 saturated heterocycles. The van der Waals surface area contributed by atoms with Crippen molar-refractivity contribution in [3.05, 3.63) is 5.82 Å². The first kappa shape index (κ1) is 10.5. The molecule has 0 amide bonds. The van der Waals surface area contributed by atoms with E-state index in [0.29, 0.717) is 0 Å². The minimum absolute atomic E-state index is 0.735. The molecule has 1 aliphatic carbocycles. The Morgan fingerprint density at radius 2 is 2.33 bits per heavy atom. The first-order valence-electron chi connectivity index (χ1n) is 5.67. The van der Waals surface area contributed by atoms with Crippen LogP contribution in [-0.4, -0.2) is 26.8 Å². The van der Waals surface area contributed by atoms with Crippen LogP contribution in [0.2, 0.25) is 0 Å². The number of nitrogens with one attached hydrogen (secondary N) is 1. The number of tetrazole rings is 1. The van der Waals surface area contributed by atoms with Crippen LogP contribution in [0.3, 0.4) is 0 Å². The Bertz CT molecular complexity index is 309. The van der Waals surface area contributed by atoms with Gasteiger partial charge in [-0.05, 0) is 36.4 Å². The van der Waals surface area contributed by atoms with Crippen molar-refractivity contribution in [1.82, 2.24) is 25.5 Å². The Balaban J connectivity index is 1.67. The molecule has 0 aromatic carbocycles. The molecule has 15 heavy (non-hydrogen) atoms. The number of rotatable bonds is 4. The molecule has 5 nitrogen and oxygen atoms in total. The Labute approximate surface area is 90.2 Å². The van der Waals surface area contributed by atoms with E-state index in [0.717, 1.165) is 30.7 Å². The van der Waals surface area contributed by atoms with Gasteiger partial charge in [-0.15, -0.1) is 10.2 Å². The summed E-state index contributed by atoms with van der Waals surface area (Å²) in [4.78, 5) is 1.49. The van der Waals surface area contributed by atoms with Crippen LogP contribution < -0.4 is 5.32 Å². The summed E-state index contributed by atoms with van der Waals surface area (Å²) in [5.74, 6) is 2.53. The SMILES string of the molecule is CC1CCC(CNCc2nnn(C)n2)C1. The number of hydrogen-bond acceptors (Lipinski definition) is 4. The van der Waals surface area contributed by atoms with Gasteiger partial charge in [0.1, 0.15) is 0 Å². The Morgan fingerprint density at radius 1 is 1.47 bits per heavy atom. The highest BCUT2D eigenvalue weighted by atomic mass is 15.6. The first-order chi connectivity index (χ1) is 7.24. The van der Waals surface area contributed by atoms with Gasteiger partial charge in [0, 0.05) is 0 Å². The summed E-state index contributed by atoms with van der Waals surface area (Å²) in [6.45, 7) is 4.16. The van der Waals surface area contributed by atoms with Crippen LogP contribution in [0.25, 0.3) is 0 Å². The number of hydrogen-bond donors (Lipinski definition) is 1. The fourth-order valence-electron chi connectivity index (χ4n) is 2.29. The molecule has 84 valence electrons. The van der Waals surface area contributed by atoms with Crippen LogP contribution in [-0.2, 0) is 13.6 Å². The molecule has 2 unspecified atom stereocenters. The first-order valence-corrected chi connectivity index (χ1v) is 5.67. The summed E-state index contributed by atoms with van der Waals surface area (Å²) >= 11 is 0. The van der Waals surface area contributed by atoms with Crippen molar-refractivity contribution in [1.29, 1.82) is 0 Å². The predicted octanol–water partition coefficient (Wildman–Crippen LogP) is 0.736. The number of nitrogens with zero attached hydrogens (tertiary/aromatic N) is 4. The van der Waals surface area contributed by atoms with Gasteiger partial charge in [0.05, 0.1) is 13.6 Å². The fraction of sp³-hybridized carbons (Fsp3) is 0.900. The van der Waals surface area contributed by atoms with Crippen molar-refractivity contribution in [3.8, 4) is 0 Å². The van der Waals surface area contributed by atoms with Gasteiger partial charge in [0.2, 0.25) is 0 Å². The third-order valence-corrected chi connectivity index (χ3v) is 3.07. The van der Waals surface area contributed by atoms with Crippen LogP contribution >= 0.6 is 0 Å². The Hall–Kier alpha value is -0.970. The topological polar surface area (TPSA) is 55.6 Å². The van der Waals surface area contributed by atoms with E-state index in [1.54, 1.807) is 7.05 Å². The second kappa shape index (κ2) is 4.70. The normalized spacial score (nSPS) is 26.0. The van der Waals surface area contributed by atoms with Crippen LogP contribution in [0.15, 0.2) is 0 Å². The average molecular weight is 209 g/mol. The lowest BCUT2D eigenvalue weighted by molar-refractivity contribution is 0.466. The van der Waals surface area contributed by atoms with Crippen molar-refractivity contribution >= 4 is 0 Å². The van der Waals surface area contributed by atoms with E-state index < -0.39 is 0 Å². The summed E-state index contributed by atoms with van der Waals surface area (Å²) in [6, 6.07) is 0. The van der Waals surface area contributed by atoms with Gasteiger partial charge in [0.25, 0.3) is 0 Å². The second-order valence-corrected chi connectivity index (χ2v) is 4.61. The van der Waals surface area contributed by atoms with Crippen LogP contribution in [0.1, 0.15) is 32.0 Å². The van der Waals surface area contributed by atoms with E-state index in [1.807, 2.05) is 0 Å². The van der Waals surface area contributed by atoms with Gasteiger partial charge >= 0.3 is 0 Å². The maximum absolute atomic E-state index is 4.12. The van der Waals surface area contributed by atoms with Crippen LogP contribution in [0, 0.1) is 11.8 Å². The fourth-order valence-corrected chi connectivity index (χ4v) is 2.29. The quantitative estimate of drug-likeness (QED) is 0.794. The summed E-state index contributed by atoms with van der Waals surface area (Å²) in [6.07, 6.45) is 4.11. The third-order valence-electron chi connectivity index (χ3n) is 3.07. The highest BCUT2D eigenvalue weighted by molar-refractivity contribution is 4.78. The molecule has 1 aromatic heterocycles. The van der Waals surface area contributed by atoms with Crippen molar-refractivity contribution in [2.24, 2.45) is 18.9 Å². The predicted molar refractivity (Wildman–Crippen MR) is 57.0 cm³/mol. The molecule has 2 atom stereocenters. The summed E-state index contributed by atoms with van der Waals surface area (Å²) < 4.78 is 0. The molecule has 1 N–H and O–H groups in total. The van der Waals surface area contributed by atoms with Crippen molar-refractivity contribution in [2.45, 2.75) is 32.7 Å². The zero-order valence-corrected chi connectivity index (χ0v) is 9.48. The lowest BCUT2D eigenvalue weighted by atomic mass is 10.1. The Kier molecular flexibility index (Phi) is 3.30. The maximum atomic E-state index is 4.12. The van der Waals surface area contributed by atoms with Crippen molar-refractivity contribution < 1.29 is 0 Å². The summed E-state index contributed by atoms with van der Waals surface area (Å²) in [7, 11) is 1.79. The number of aromatic nitrogens is 4. The van der Waals surface area contributed by atoms with E-state index in [2.05, 4.69) is 27.7 Å². The molecule has 0 aliphatic heterocycles. The molecule has 5 heteroatoms. The molecule has 1 aliphatic rings. The lowest BCUT2D eigenvalue weighted by Crippen LogP contribution is -2.21. The van der Waals surface area contributed by atoms with Crippen LogP contribution in [0.4, 0.5) is 0 Å². The largest absolute Gasteiger partial charge is 0.309 e. The van der Waals surface area contributed by atoms with Gasteiger partial charge < -0.3 is 5.32 Å². The van der Waals surface area contributed by atoms with E-state index in [-0.39, 0.29) is 0 Å². The monoisotopic (exact) mass is 209 g/mol. The molecule has 0 spiro atoms. The molecule has 1 saturated carbocycles. The van der Waals surface area contributed by atoms with E-state index in [1.165, 1.54) is 24.1 Å². The van der Waals surface area contributed by atoms with Crippen molar-refractivity contribution in [3.63, 3.8) is 0 Å². The highest BCUT2D eigenvalue weighted by Gasteiger charge is 2.20. The van der Waals surface area contributed by atoms with Crippen molar-refractivity contribution in [2.75, 3.05) is 6.54 Å². The standard InChI is InChI=1S/C10H19N5/c1-8-3-4-9(5-8)6-11-7-10-12-14-15(2)13-10/h8-9,11H,3-7H2,1-2H3. The van der Waals surface area contributed by atoms with E-state index in [4.69, 9.17) is 0 Å².